The van der Waals surface area contributed by atoms with E-state index in [1.54, 1.807) is 42.6 Å². The Hall–Kier alpha value is -2.28. The van der Waals surface area contributed by atoms with E-state index in [1.165, 1.54) is 12.1 Å². The number of pyridine rings is 1. The number of rotatable bonds is 3. The first-order chi connectivity index (χ1) is 10.7. The van der Waals surface area contributed by atoms with Gasteiger partial charge in [0.25, 0.3) is 0 Å². The van der Waals surface area contributed by atoms with E-state index in [2.05, 4.69) is 15.2 Å². The summed E-state index contributed by atoms with van der Waals surface area (Å²) in [6.07, 6.45) is 1.57. The van der Waals surface area contributed by atoms with Gasteiger partial charge < -0.3 is 10.2 Å². The first-order valence-electron chi connectivity index (χ1n) is 6.47. The quantitative estimate of drug-likeness (QED) is 0.569. The Kier molecular flexibility index (Phi) is 5.44. The molecule has 1 heterocycles. The number of fused-ring (bicyclic) bond motifs is 1. The van der Waals surface area contributed by atoms with Gasteiger partial charge in [-0.3, -0.25) is 4.98 Å². The molecule has 109 valence electrons. The number of carbonyl (C=O) groups is 1. The van der Waals surface area contributed by atoms with Gasteiger partial charge in [0.1, 0.15) is 17.0 Å². The average molecular weight is 316 g/mol. The van der Waals surface area contributed by atoms with E-state index >= 15 is 0 Å². The first kappa shape index (κ1) is 17.1. The van der Waals surface area contributed by atoms with Crippen LogP contribution >= 0.6 is 0 Å². The molecule has 23 heavy (non-hydrogen) atoms. The number of hydrogen-bond donors (Lipinski definition) is 2. The molecule has 0 fully saturated rings. The van der Waals surface area contributed by atoms with Gasteiger partial charge >= 0.3 is 5.97 Å². The number of hydrogen-bond acceptors (Lipinski definition) is 5. The minimum atomic E-state index is -1.06. The largest absolute Gasteiger partial charge is 0.506 e. The Labute approximate surface area is 153 Å². The molecule has 2 aromatic carbocycles. The average Bonchev–Trinajstić information content (AvgIpc) is 2.55. The Morgan fingerprint density at radius 2 is 1.70 bits per heavy atom. The predicted octanol–water partition coefficient (Wildman–Crippen LogP) is 3.67. The van der Waals surface area contributed by atoms with Gasteiger partial charge in [-0.1, -0.05) is 12.1 Å². The van der Waals surface area contributed by atoms with Crippen molar-refractivity contribution in [1.82, 2.24) is 4.98 Å². The molecule has 0 atom stereocenters. The van der Waals surface area contributed by atoms with E-state index in [9.17, 15) is 9.90 Å². The van der Waals surface area contributed by atoms with Gasteiger partial charge in [0.05, 0.1) is 11.3 Å². The molecule has 3 aromatic rings. The minimum Gasteiger partial charge on any atom is -0.506 e. The molecule has 2 N–H and O–H groups in total. The van der Waals surface area contributed by atoms with Crippen LogP contribution in [0.15, 0.2) is 65.0 Å². The number of carboxylic acid groups (broad SMARTS) is 1. The van der Waals surface area contributed by atoms with Crippen LogP contribution in [0.3, 0.4) is 0 Å². The van der Waals surface area contributed by atoms with Gasteiger partial charge in [-0.15, -0.1) is 10.2 Å². The Morgan fingerprint density at radius 3 is 2.48 bits per heavy atom. The van der Waals surface area contributed by atoms with Crippen molar-refractivity contribution < 1.29 is 15.0 Å². The van der Waals surface area contributed by atoms with Crippen molar-refractivity contribution >= 4 is 57.8 Å². The minimum absolute atomic E-state index is 0. The van der Waals surface area contributed by atoms with Crippen molar-refractivity contribution in [3.63, 3.8) is 0 Å². The van der Waals surface area contributed by atoms with Gasteiger partial charge in [-0.05, 0) is 36.4 Å². The molecule has 0 aliphatic heterocycles. The van der Waals surface area contributed by atoms with E-state index in [4.69, 9.17) is 5.11 Å². The summed E-state index contributed by atoms with van der Waals surface area (Å²) in [6, 6.07) is 12.9. The smallest absolute Gasteiger partial charge is 0.337 e. The van der Waals surface area contributed by atoms with Crippen molar-refractivity contribution in [3.8, 4) is 5.75 Å². The van der Waals surface area contributed by atoms with Crippen LogP contribution in [0.2, 0.25) is 0 Å². The van der Waals surface area contributed by atoms with Gasteiger partial charge in [0, 0.05) is 41.1 Å². The summed E-state index contributed by atoms with van der Waals surface area (Å²) in [7, 11) is 0. The van der Waals surface area contributed by atoms with E-state index in [-0.39, 0.29) is 46.6 Å². The molecule has 0 aliphatic rings. The fourth-order valence-electron chi connectivity index (χ4n) is 2.08. The first-order valence-corrected chi connectivity index (χ1v) is 6.47. The van der Waals surface area contributed by atoms with Crippen LogP contribution in [0.4, 0.5) is 11.4 Å². The molecule has 3 rings (SSSR count). The van der Waals surface area contributed by atoms with Crippen LogP contribution in [-0.2, 0) is 0 Å². The number of aromatic carboxylic acids is 1. The second-order valence-electron chi connectivity index (χ2n) is 4.53. The van der Waals surface area contributed by atoms with Gasteiger partial charge in [-0.25, -0.2) is 4.79 Å². The molecule has 1 radical (unpaired) electrons. The summed E-state index contributed by atoms with van der Waals surface area (Å²) in [5.74, 6) is -1.01. The molecule has 0 amide bonds. The third kappa shape index (κ3) is 3.56. The zero-order valence-corrected chi connectivity index (χ0v) is 14.3. The molecule has 0 saturated carbocycles. The molecule has 0 bridgehead atoms. The van der Waals surface area contributed by atoms with E-state index in [0.717, 1.165) is 0 Å². The van der Waals surface area contributed by atoms with E-state index in [0.29, 0.717) is 16.6 Å². The molecule has 1 aromatic heterocycles. The standard InChI is InChI=1S/C16H11N3O3.Na/c20-14-8-7-13(10-5-3-9-17-15(10)14)19-18-12-6-2-1-4-11(12)16(21)22;/h1-9,20H,(H,21,22);. The summed E-state index contributed by atoms with van der Waals surface area (Å²) < 4.78 is 0. The normalized spacial score (nSPS) is 10.6. The predicted molar refractivity (Wildman–Crippen MR) is 86.7 cm³/mol. The van der Waals surface area contributed by atoms with Crippen molar-refractivity contribution in [2.45, 2.75) is 0 Å². The Balaban J connectivity index is 0.00000192. The maximum atomic E-state index is 11.1. The van der Waals surface area contributed by atoms with Crippen LogP contribution < -0.4 is 0 Å². The monoisotopic (exact) mass is 316 g/mol. The number of azo groups is 1. The SMILES string of the molecule is O=C(O)c1ccccc1N=Nc1ccc(O)c2ncccc12.[Na]. The summed E-state index contributed by atoms with van der Waals surface area (Å²) in [4.78, 5) is 15.2. The van der Waals surface area contributed by atoms with E-state index < -0.39 is 5.97 Å². The van der Waals surface area contributed by atoms with Crippen molar-refractivity contribution in [3.05, 3.63) is 60.3 Å². The van der Waals surface area contributed by atoms with Crippen LogP contribution in [0.5, 0.6) is 5.75 Å². The van der Waals surface area contributed by atoms with Crippen molar-refractivity contribution in [2.24, 2.45) is 10.2 Å². The molecule has 0 spiro atoms. The summed E-state index contributed by atoms with van der Waals surface area (Å²) in [6.45, 7) is 0. The van der Waals surface area contributed by atoms with Crippen molar-refractivity contribution in [1.29, 1.82) is 0 Å². The van der Waals surface area contributed by atoms with Gasteiger partial charge in [0.15, 0.2) is 0 Å². The van der Waals surface area contributed by atoms with Crippen molar-refractivity contribution in [2.75, 3.05) is 0 Å². The number of phenolic OH excluding ortho intramolecular Hbond substituents is 1. The Bertz CT molecular complexity index is 897. The number of phenols is 1. The second kappa shape index (κ2) is 7.32. The molecule has 0 unspecified atom stereocenters. The van der Waals surface area contributed by atoms with Gasteiger partial charge in [0.2, 0.25) is 0 Å². The van der Waals surface area contributed by atoms with Gasteiger partial charge in [-0.2, -0.15) is 0 Å². The molecule has 7 heteroatoms. The second-order valence-corrected chi connectivity index (χ2v) is 4.53. The fourth-order valence-corrected chi connectivity index (χ4v) is 2.08. The zero-order chi connectivity index (χ0) is 15.5. The number of carboxylic acids is 1. The van der Waals surface area contributed by atoms with E-state index in [1.807, 2.05) is 0 Å². The third-order valence-electron chi connectivity index (χ3n) is 3.13. The molecular formula is C16H11N3NaO3. The zero-order valence-electron chi connectivity index (χ0n) is 12.3. The maximum absolute atomic E-state index is 11.1. The van der Waals surface area contributed by atoms with Crippen LogP contribution in [-0.4, -0.2) is 50.7 Å². The fraction of sp³-hybridized carbons (Fsp3) is 0. The molecule has 0 aliphatic carbocycles. The number of aromatic nitrogens is 1. The third-order valence-corrected chi connectivity index (χ3v) is 3.13. The number of benzene rings is 2. The molecule has 6 nitrogen and oxygen atoms in total. The van der Waals surface area contributed by atoms with Crippen LogP contribution in [0.25, 0.3) is 10.9 Å². The Morgan fingerprint density at radius 1 is 0.957 bits per heavy atom. The van der Waals surface area contributed by atoms with Crippen LogP contribution in [0, 0.1) is 0 Å². The van der Waals surface area contributed by atoms with Crippen LogP contribution in [0.1, 0.15) is 10.4 Å². The topological polar surface area (TPSA) is 95.1 Å². The molecule has 0 saturated heterocycles. The number of aromatic hydroxyl groups is 1. The summed E-state index contributed by atoms with van der Waals surface area (Å²) >= 11 is 0. The molecular weight excluding hydrogens is 305 g/mol. The maximum Gasteiger partial charge on any atom is 0.337 e. The summed E-state index contributed by atoms with van der Waals surface area (Å²) in [5, 5.41) is 27.7. The summed E-state index contributed by atoms with van der Waals surface area (Å²) in [5.41, 5.74) is 1.26. The number of nitrogens with zero attached hydrogens (tertiary/aromatic N) is 3.